The first-order valence-electron chi connectivity index (χ1n) is 6.37. The van der Waals surface area contributed by atoms with Gasteiger partial charge in [0.2, 0.25) is 0 Å². The fourth-order valence-corrected chi connectivity index (χ4v) is 2.03. The van der Waals surface area contributed by atoms with Crippen molar-refractivity contribution in [1.29, 1.82) is 0 Å². The second kappa shape index (κ2) is 5.13. The molecule has 0 saturated carbocycles. The highest BCUT2D eigenvalue weighted by Gasteiger charge is 2.08. The van der Waals surface area contributed by atoms with Gasteiger partial charge in [0.05, 0.1) is 0 Å². The molecule has 1 N–H and O–H groups in total. The van der Waals surface area contributed by atoms with Gasteiger partial charge in [0.25, 0.3) is 5.91 Å². The van der Waals surface area contributed by atoms with Gasteiger partial charge in [0, 0.05) is 18.3 Å². The molecule has 0 unspecified atom stereocenters. The molecule has 0 aliphatic heterocycles. The number of rotatable bonds is 3. The Kier molecular flexibility index (Phi) is 3.16. The maximum atomic E-state index is 12.1. The molecule has 0 fully saturated rings. The zero-order valence-electron chi connectivity index (χ0n) is 11.1. The largest absolute Gasteiger partial charge is 0.348 e. The van der Waals surface area contributed by atoms with Crippen molar-refractivity contribution in [2.75, 3.05) is 0 Å². The first-order chi connectivity index (χ1) is 9.74. The molecule has 0 spiro atoms. The maximum Gasteiger partial charge on any atom is 0.251 e. The average Bonchev–Trinajstić information content (AvgIpc) is 2.87. The Balaban J connectivity index is 1.75. The summed E-state index contributed by atoms with van der Waals surface area (Å²) in [5.74, 6) is 0.688. The number of carbonyl (C=O) groups excluding carboxylic acids is 1. The minimum absolute atomic E-state index is 0.114. The molecule has 0 bridgehead atoms. The van der Waals surface area contributed by atoms with Gasteiger partial charge in [-0.25, -0.2) is 0 Å². The van der Waals surface area contributed by atoms with Crippen molar-refractivity contribution in [3.8, 4) is 0 Å². The van der Waals surface area contributed by atoms with Crippen LogP contribution in [0, 0.1) is 6.92 Å². The smallest absolute Gasteiger partial charge is 0.251 e. The van der Waals surface area contributed by atoms with Crippen LogP contribution < -0.4 is 5.32 Å². The molecule has 1 aromatic carbocycles. The first-order valence-corrected chi connectivity index (χ1v) is 6.37. The second-order valence-electron chi connectivity index (χ2n) is 4.56. The van der Waals surface area contributed by atoms with Crippen LogP contribution in [0.4, 0.5) is 0 Å². The molecule has 100 valence electrons. The Morgan fingerprint density at radius 2 is 2.00 bits per heavy atom. The SMILES string of the molecule is Cc1nnc2cc(C(=O)NCc3ccccc3)ccn12. The summed E-state index contributed by atoms with van der Waals surface area (Å²) in [6.07, 6.45) is 1.81. The van der Waals surface area contributed by atoms with E-state index >= 15 is 0 Å². The molecule has 20 heavy (non-hydrogen) atoms. The third-order valence-electron chi connectivity index (χ3n) is 3.14. The van der Waals surface area contributed by atoms with Gasteiger partial charge >= 0.3 is 0 Å². The van der Waals surface area contributed by atoms with Crippen molar-refractivity contribution in [3.05, 3.63) is 65.6 Å². The second-order valence-corrected chi connectivity index (χ2v) is 4.56. The van der Waals surface area contributed by atoms with Gasteiger partial charge in [0.1, 0.15) is 5.82 Å². The minimum atomic E-state index is -0.114. The molecule has 0 aliphatic carbocycles. The summed E-state index contributed by atoms with van der Waals surface area (Å²) in [5.41, 5.74) is 2.33. The third kappa shape index (κ3) is 2.38. The normalized spacial score (nSPS) is 10.7. The van der Waals surface area contributed by atoms with Crippen molar-refractivity contribution in [2.24, 2.45) is 0 Å². The zero-order chi connectivity index (χ0) is 13.9. The lowest BCUT2D eigenvalue weighted by molar-refractivity contribution is 0.0951. The summed E-state index contributed by atoms with van der Waals surface area (Å²) in [5, 5.41) is 10.9. The standard InChI is InChI=1S/C15H14N4O/c1-11-17-18-14-9-13(7-8-19(11)14)15(20)16-10-12-5-3-2-4-6-12/h2-9H,10H2,1H3,(H,16,20). The Morgan fingerprint density at radius 3 is 2.80 bits per heavy atom. The van der Waals surface area contributed by atoms with Crippen molar-refractivity contribution in [1.82, 2.24) is 19.9 Å². The topological polar surface area (TPSA) is 59.3 Å². The van der Waals surface area contributed by atoms with Crippen molar-refractivity contribution < 1.29 is 4.79 Å². The van der Waals surface area contributed by atoms with E-state index < -0.39 is 0 Å². The van der Waals surface area contributed by atoms with Crippen LogP contribution in [-0.2, 0) is 6.54 Å². The summed E-state index contributed by atoms with van der Waals surface area (Å²) in [7, 11) is 0. The number of carbonyl (C=O) groups is 1. The predicted molar refractivity (Wildman–Crippen MR) is 75.3 cm³/mol. The van der Waals surface area contributed by atoms with E-state index in [0.717, 1.165) is 11.4 Å². The number of hydrogen-bond donors (Lipinski definition) is 1. The van der Waals surface area contributed by atoms with Gasteiger partial charge in [-0.3, -0.25) is 9.20 Å². The van der Waals surface area contributed by atoms with E-state index in [2.05, 4.69) is 15.5 Å². The molecule has 0 aliphatic rings. The van der Waals surface area contributed by atoms with Gasteiger partial charge in [0.15, 0.2) is 5.65 Å². The Bertz CT molecular complexity index is 749. The van der Waals surface area contributed by atoms with E-state index in [-0.39, 0.29) is 5.91 Å². The van der Waals surface area contributed by atoms with E-state index in [0.29, 0.717) is 17.8 Å². The molecule has 0 saturated heterocycles. The number of amides is 1. The van der Waals surface area contributed by atoms with Crippen LogP contribution in [0.5, 0.6) is 0 Å². The highest BCUT2D eigenvalue weighted by atomic mass is 16.1. The summed E-state index contributed by atoms with van der Waals surface area (Å²) in [6, 6.07) is 13.3. The van der Waals surface area contributed by atoms with Crippen LogP contribution in [0.25, 0.3) is 5.65 Å². The summed E-state index contributed by atoms with van der Waals surface area (Å²) >= 11 is 0. The quantitative estimate of drug-likeness (QED) is 0.788. The molecule has 5 nitrogen and oxygen atoms in total. The number of benzene rings is 1. The summed E-state index contributed by atoms with van der Waals surface area (Å²) in [6.45, 7) is 2.38. The first kappa shape index (κ1) is 12.3. The molecule has 2 heterocycles. The third-order valence-corrected chi connectivity index (χ3v) is 3.14. The van der Waals surface area contributed by atoms with E-state index in [4.69, 9.17) is 0 Å². The number of nitrogens with zero attached hydrogens (tertiary/aromatic N) is 3. The Morgan fingerprint density at radius 1 is 1.20 bits per heavy atom. The lowest BCUT2D eigenvalue weighted by Gasteiger charge is -2.05. The summed E-state index contributed by atoms with van der Waals surface area (Å²) in [4.78, 5) is 12.1. The van der Waals surface area contributed by atoms with Crippen molar-refractivity contribution >= 4 is 11.6 Å². The molecule has 1 amide bonds. The average molecular weight is 266 g/mol. The minimum Gasteiger partial charge on any atom is -0.348 e. The molecule has 0 radical (unpaired) electrons. The molecule has 0 atom stereocenters. The van der Waals surface area contributed by atoms with Crippen LogP contribution in [0.2, 0.25) is 0 Å². The molecule has 5 heteroatoms. The molecule has 3 aromatic rings. The van der Waals surface area contributed by atoms with Gasteiger partial charge < -0.3 is 5.32 Å². The molecule has 2 aromatic heterocycles. The number of hydrogen-bond acceptors (Lipinski definition) is 3. The van der Waals surface area contributed by atoms with Gasteiger partial charge in [-0.1, -0.05) is 30.3 Å². The van der Waals surface area contributed by atoms with Gasteiger partial charge in [-0.2, -0.15) is 0 Å². The lowest BCUT2D eigenvalue weighted by Crippen LogP contribution is -2.22. The molecule has 3 rings (SSSR count). The van der Waals surface area contributed by atoms with Crippen molar-refractivity contribution in [3.63, 3.8) is 0 Å². The van der Waals surface area contributed by atoms with Crippen LogP contribution >= 0.6 is 0 Å². The van der Waals surface area contributed by atoms with E-state index in [9.17, 15) is 4.79 Å². The molecular formula is C15H14N4O. The highest BCUT2D eigenvalue weighted by Crippen LogP contribution is 2.07. The number of aromatic nitrogens is 3. The number of fused-ring (bicyclic) bond motifs is 1. The zero-order valence-corrected chi connectivity index (χ0v) is 11.1. The Hall–Kier alpha value is -2.69. The fourth-order valence-electron chi connectivity index (χ4n) is 2.03. The van der Waals surface area contributed by atoms with Crippen molar-refractivity contribution in [2.45, 2.75) is 13.5 Å². The number of pyridine rings is 1. The van der Waals surface area contributed by atoms with E-state index in [1.54, 1.807) is 12.1 Å². The Labute approximate surface area is 116 Å². The number of aryl methyl sites for hydroxylation is 1. The van der Waals surface area contributed by atoms with Crippen LogP contribution in [-0.4, -0.2) is 20.5 Å². The van der Waals surface area contributed by atoms with Crippen LogP contribution in [0.1, 0.15) is 21.7 Å². The fraction of sp³-hybridized carbons (Fsp3) is 0.133. The van der Waals surface area contributed by atoms with Gasteiger partial charge in [-0.15, -0.1) is 10.2 Å². The number of nitrogens with one attached hydrogen (secondary N) is 1. The lowest BCUT2D eigenvalue weighted by atomic mass is 10.2. The van der Waals surface area contributed by atoms with Crippen LogP contribution in [0.15, 0.2) is 48.7 Å². The van der Waals surface area contributed by atoms with Crippen LogP contribution in [0.3, 0.4) is 0 Å². The predicted octanol–water partition coefficient (Wildman–Crippen LogP) is 1.97. The van der Waals surface area contributed by atoms with E-state index in [1.165, 1.54) is 0 Å². The highest BCUT2D eigenvalue weighted by molar-refractivity contribution is 5.94. The molecular weight excluding hydrogens is 252 g/mol. The monoisotopic (exact) mass is 266 g/mol. The summed E-state index contributed by atoms with van der Waals surface area (Å²) < 4.78 is 1.84. The van der Waals surface area contributed by atoms with Gasteiger partial charge in [-0.05, 0) is 24.6 Å². The van der Waals surface area contributed by atoms with E-state index in [1.807, 2.05) is 47.9 Å². The maximum absolute atomic E-state index is 12.1.